The van der Waals surface area contributed by atoms with Crippen molar-refractivity contribution < 1.29 is 14.0 Å². The predicted octanol–water partition coefficient (Wildman–Crippen LogP) is 4.46. The molecule has 0 atom stereocenters. The number of hydrazone groups is 1. The number of hydrogen-bond donors (Lipinski definition) is 2. The number of carbonyl (C=O) groups is 2. The Bertz CT molecular complexity index is 1090. The number of amides is 2. The molecule has 6 heteroatoms. The maximum absolute atomic E-state index is 13.3. The van der Waals surface area contributed by atoms with Gasteiger partial charge in [-0.15, -0.1) is 0 Å². The molecule has 0 radical (unpaired) electrons. The van der Waals surface area contributed by atoms with E-state index in [1.807, 2.05) is 32.0 Å². The van der Waals surface area contributed by atoms with Crippen LogP contribution in [-0.2, 0) is 0 Å². The van der Waals surface area contributed by atoms with E-state index in [4.69, 9.17) is 0 Å². The molecule has 0 aliphatic rings. The predicted molar refractivity (Wildman–Crippen MR) is 112 cm³/mol. The summed E-state index contributed by atoms with van der Waals surface area (Å²) in [5, 5.41) is 6.63. The van der Waals surface area contributed by atoms with Gasteiger partial charge >= 0.3 is 0 Å². The molecule has 2 amide bonds. The van der Waals surface area contributed by atoms with Crippen LogP contribution in [0.1, 0.15) is 37.4 Å². The minimum atomic E-state index is -0.511. The molecule has 0 spiro atoms. The van der Waals surface area contributed by atoms with E-state index in [9.17, 15) is 14.0 Å². The van der Waals surface area contributed by atoms with Gasteiger partial charge in [0.1, 0.15) is 5.82 Å². The number of anilines is 1. The topological polar surface area (TPSA) is 70.6 Å². The van der Waals surface area contributed by atoms with Gasteiger partial charge in [0.15, 0.2) is 0 Å². The Kier molecular flexibility index (Phi) is 6.14. The highest BCUT2D eigenvalue weighted by atomic mass is 19.1. The van der Waals surface area contributed by atoms with Crippen LogP contribution in [-0.4, -0.2) is 18.0 Å². The van der Waals surface area contributed by atoms with Crippen molar-refractivity contribution in [1.29, 1.82) is 0 Å². The number of carbonyl (C=O) groups excluding carboxylic acids is 2. The standard InChI is InChI=1S/C23H20FN3O2/c1-15-10-11-17(12-16(15)2)14-25-27-23(29)20-8-3-4-9-21(20)26-22(28)18-6-5-7-19(24)13-18/h3-14H,1-2H3,(H,26,28)(H,27,29). The van der Waals surface area contributed by atoms with Crippen LogP contribution in [0.5, 0.6) is 0 Å². The monoisotopic (exact) mass is 389 g/mol. The average molecular weight is 389 g/mol. The first-order valence-corrected chi connectivity index (χ1v) is 9.00. The van der Waals surface area contributed by atoms with Gasteiger partial charge in [0.05, 0.1) is 17.5 Å². The molecule has 3 aromatic rings. The molecule has 3 aromatic carbocycles. The summed E-state index contributed by atoms with van der Waals surface area (Å²) in [5.74, 6) is -1.49. The summed E-state index contributed by atoms with van der Waals surface area (Å²) in [6, 6.07) is 17.7. The summed E-state index contributed by atoms with van der Waals surface area (Å²) in [7, 11) is 0. The normalized spacial score (nSPS) is 10.7. The summed E-state index contributed by atoms with van der Waals surface area (Å²) in [6.07, 6.45) is 1.55. The van der Waals surface area contributed by atoms with Gasteiger partial charge in [-0.25, -0.2) is 9.82 Å². The molecule has 0 aliphatic heterocycles. The van der Waals surface area contributed by atoms with Gasteiger partial charge < -0.3 is 5.32 Å². The summed E-state index contributed by atoms with van der Waals surface area (Å²) < 4.78 is 13.3. The fraction of sp³-hybridized carbons (Fsp3) is 0.0870. The average Bonchev–Trinajstić information content (AvgIpc) is 2.71. The van der Waals surface area contributed by atoms with Crippen LogP contribution in [0.25, 0.3) is 0 Å². The molecule has 146 valence electrons. The number of hydrogen-bond acceptors (Lipinski definition) is 3. The Morgan fingerprint density at radius 3 is 2.45 bits per heavy atom. The number of aryl methyl sites for hydroxylation is 2. The molecule has 0 fully saturated rings. The zero-order valence-corrected chi connectivity index (χ0v) is 16.1. The van der Waals surface area contributed by atoms with Crippen LogP contribution in [0.15, 0.2) is 71.8 Å². The number of halogens is 1. The lowest BCUT2D eigenvalue weighted by Gasteiger charge is -2.10. The SMILES string of the molecule is Cc1ccc(C=NNC(=O)c2ccccc2NC(=O)c2cccc(F)c2)cc1C. The first kappa shape index (κ1) is 19.9. The Labute approximate surface area is 168 Å². The van der Waals surface area contributed by atoms with Crippen LogP contribution >= 0.6 is 0 Å². The van der Waals surface area contributed by atoms with Gasteiger partial charge in [0, 0.05) is 5.56 Å². The van der Waals surface area contributed by atoms with Crippen LogP contribution in [0.3, 0.4) is 0 Å². The fourth-order valence-electron chi connectivity index (χ4n) is 2.68. The molecule has 3 rings (SSSR count). The van der Waals surface area contributed by atoms with E-state index in [-0.39, 0.29) is 11.1 Å². The summed E-state index contributed by atoms with van der Waals surface area (Å²) in [5.41, 5.74) is 6.34. The molecule has 0 saturated carbocycles. The molecule has 0 bridgehead atoms. The minimum absolute atomic E-state index is 0.160. The molecule has 0 aromatic heterocycles. The maximum Gasteiger partial charge on any atom is 0.273 e. The quantitative estimate of drug-likeness (QED) is 0.500. The van der Waals surface area contributed by atoms with E-state index < -0.39 is 17.6 Å². The Morgan fingerprint density at radius 2 is 1.69 bits per heavy atom. The molecular formula is C23H20FN3O2. The third-order valence-electron chi connectivity index (χ3n) is 4.42. The lowest BCUT2D eigenvalue weighted by molar-refractivity contribution is 0.0956. The molecule has 0 heterocycles. The third-order valence-corrected chi connectivity index (χ3v) is 4.42. The van der Waals surface area contributed by atoms with Crippen LogP contribution in [0, 0.1) is 19.7 Å². The third kappa shape index (κ3) is 5.13. The molecule has 0 aliphatic carbocycles. The van der Waals surface area contributed by atoms with Gasteiger partial charge in [-0.3, -0.25) is 9.59 Å². The van der Waals surface area contributed by atoms with Gasteiger partial charge in [0.25, 0.3) is 11.8 Å². The highest BCUT2D eigenvalue weighted by molar-refractivity contribution is 6.09. The first-order chi connectivity index (χ1) is 13.9. The Morgan fingerprint density at radius 1 is 0.897 bits per heavy atom. The number of nitrogens with zero attached hydrogens (tertiary/aromatic N) is 1. The Hall–Kier alpha value is -3.80. The maximum atomic E-state index is 13.3. The van der Waals surface area contributed by atoms with Gasteiger partial charge in [-0.1, -0.05) is 36.4 Å². The van der Waals surface area contributed by atoms with E-state index in [1.165, 1.54) is 23.8 Å². The molecule has 29 heavy (non-hydrogen) atoms. The van der Waals surface area contributed by atoms with E-state index >= 15 is 0 Å². The minimum Gasteiger partial charge on any atom is -0.321 e. The lowest BCUT2D eigenvalue weighted by atomic mass is 10.1. The van der Waals surface area contributed by atoms with E-state index in [1.54, 1.807) is 30.5 Å². The van der Waals surface area contributed by atoms with E-state index in [0.717, 1.165) is 17.2 Å². The van der Waals surface area contributed by atoms with Crippen molar-refractivity contribution in [3.05, 3.63) is 100 Å². The lowest BCUT2D eigenvalue weighted by Crippen LogP contribution is -2.21. The summed E-state index contributed by atoms with van der Waals surface area (Å²) in [4.78, 5) is 24.9. The van der Waals surface area contributed by atoms with Crippen molar-refractivity contribution >= 4 is 23.7 Å². The molecule has 0 saturated heterocycles. The first-order valence-electron chi connectivity index (χ1n) is 9.00. The van der Waals surface area contributed by atoms with Crippen LogP contribution in [0.4, 0.5) is 10.1 Å². The van der Waals surface area contributed by atoms with Gasteiger partial charge in [-0.2, -0.15) is 5.10 Å². The molecule has 5 nitrogen and oxygen atoms in total. The second-order valence-corrected chi connectivity index (χ2v) is 6.55. The van der Waals surface area contributed by atoms with E-state index in [2.05, 4.69) is 15.8 Å². The summed E-state index contributed by atoms with van der Waals surface area (Å²) in [6.45, 7) is 4.02. The molecular weight excluding hydrogens is 369 g/mol. The second-order valence-electron chi connectivity index (χ2n) is 6.55. The highest BCUT2D eigenvalue weighted by Crippen LogP contribution is 2.17. The highest BCUT2D eigenvalue weighted by Gasteiger charge is 2.14. The fourth-order valence-corrected chi connectivity index (χ4v) is 2.68. The molecule has 2 N–H and O–H groups in total. The van der Waals surface area contributed by atoms with Crippen LogP contribution in [0.2, 0.25) is 0 Å². The number of para-hydroxylation sites is 1. The number of benzene rings is 3. The summed E-state index contributed by atoms with van der Waals surface area (Å²) >= 11 is 0. The van der Waals surface area contributed by atoms with Crippen molar-refractivity contribution in [3.63, 3.8) is 0 Å². The van der Waals surface area contributed by atoms with Gasteiger partial charge in [0.2, 0.25) is 0 Å². The largest absolute Gasteiger partial charge is 0.321 e. The van der Waals surface area contributed by atoms with Crippen molar-refractivity contribution in [2.45, 2.75) is 13.8 Å². The molecule has 0 unspecified atom stereocenters. The smallest absolute Gasteiger partial charge is 0.273 e. The van der Waals surface area contributed by atoms with Crippen molar-refractivity contribution in [1.82, 2.24) is 5.43 Å². The number of nitrogens with one attached hydrogen (secondary N) is 2. The number of rotatable bonds is 5. The van der Waals surface area contributed by atoms with Crippen molar-refractivity contribution in [3.8, 4) is 0 Å². The Balaban J connectivity index is 1.72. The van der Waals surface area contributed by atoms with Gasteiger partial charge in [-0.05, 0) is 60.9 Å². The van der Waals surface area contributed by atoms with E-state index in [0.29, 0.717) is 5.69 Å². The van der Waals surface area contributed by atoms with Crippen molar-refractivity contribution in [2.24, 2.45) is 5.10 Å². The zero-order chi connectivity index (χ0) is 20.8. The zero-order valence-electron chi connectivity index (χ0n) is 16.1. The van der Waals surface area contributed by atoms with Crippen LogP contribution < -0.4 is 10.7 Å². The van der Waals surface area contributed by atoms with Crippen molar-refractivity contribution in [2.75, 3.05) is 5.32 Å². The second kappa shape index (κ2) is 8.93.